The van der Waals surface area contributed by atoms with E-state index >= 15 is 0 Å². The molecule has 0 amide bonds. The SMILES string of the molecule is CC(NCC(CO)c1cccnc1)c1ccc(-n2cncn2)cc1. The summed E-state index contributed by atoms with van der Waals surface area (Å²) in [6, 6.07) is 12.3. The van der Waals surface area contributed by atoms with Crippen LogP contribution in [0.1, 0.15) is 30.0 Å². The van der Waals surface area contributed by atoms with E-state index in [1.54, 1.807) is 23.4 Å². The van der Waals surface area contributed by atoms with Crippen LogP contribution in [0.4, 0.5) is 0 Å². The van der Waals surface area contributed by atoms with E-state index in [0.717, 1.165) is 11.3 Å². The number of benzene rings is 1. The summed E-state index contributed by atoms with van der Waals surface area (Å²) < 4.78 is 1.73. The summed E-state index contributed by atoms with van der Waals surface area (Å²) in [5, 5.41) is 17.2. The average Bonchev–Trinajstić information content (AvgIpc) is 3.18. The zero-order valence-corrected chi connectivity index (χ0v) is 13.6. The molecule has 0 spiro atoms. The first-order valence-electron chi connectivity index (χ1n) is 7.97. The Morgan fingerprint density at radius 3 is 2.58 bits per heavy atom. The monoisotopic (exact) mass is 323 g/mol. The standard InChI is InChI=1S/C18H21N5O/c1-14(21-10-17(11-24)16-3-2-8-19-9-16)15-4-6-18(7-5-15)23-13-20-12-22-23/h2-9,12-14,17,21,24H,10-11H2,1H3. The normalized spacial score (nSPS) is 13.6. The van der Waals surface area contributed by atoms with Gasteiger partial charge in [-0.25, -0.2) is 9.67 Å². The maximum atomic E-state index is 9.62. The number of pyridine rings is 1. The molecule has 2 unspecified atom stereocenters. The molecule has 0 radical (unpaired) electrons. The number of nitrogens with one attached hydrogen (secondary N) is 1. The van der Waals surface area contributed by atoms with Crippen LogP contribution in [-0.4, -0.2) is 38.0 Å². The Morgan fingerprint density at radius 1 is 1.12 bits per heavy atom. The average molecular weight is 323 g/mol. The maximum absolute atomic E-state index is 9.62. The molecule has 2 aromatic heterocycles. The van der Waals surface area contributed by atoms with Gasteiger partial charge < -0.3 is 10.4 Å². The van der Waals surface area contributed by atoms with Gasteiger partial charge in [0.25, 0.3) is 0 Å². The Kier molecular flexibility index (Phi) is 5.30. The number of aromatic nitrogens is 4. The van der Waals surface area contributed by atoms with Crippen LogP contribution in [0.25, 0.3) is 5.69 Å². The molecule has 124 valence electrons. The Bertz CT molecular complexity index is 728. The van der Waals surface area contributed by atoms with Gasteiger partial charge in [-0.2, -0.15) is 5.10 Å². The predicted molar refractivity (Wildman–Crippen MR) is 91.8 cm³/mol. The Labute approximate surface area is 141 Å². The van der Waals surface area contributed by atoms with Crippen molar-refractivity contribution in [1.29, 1.82) is 0 Å². The largest absolute Gasteiger partial charge is 0.396 e. The topological polar surface area (TPSA) is 75.9 Å². The van der Waals surface area contributed by atoms with Crippen molar-refractivity contribution in [3.05, 3.63) is 72.6 Å². The maximum Gasteiger partial charge on any atom is 0.138 e. The van der Waals surface area contributed by atoms with Crippen molar-refractivity contribution >= 4 is 0 Å². The van der Waals surface area contributed by atoms with Gasteiger partial charge in [-0.15, -0.1) is 0 Å². The van der Waals surface area contributed by atoms with E-state index in [1.165, 1.54) is 11.9 Å². The summed E-state index contributed by atoms with van der Waals surface area (Å²) in [5.74, 6) is 0.0376. The van der Waals surface area contributed by atoms with E-state index in [1.807, 2.05) is 24.3 Å². The number of nitrogens with zero attached hydrogens (tertiary/aromatic N) is 4. The molecule has 0 aliphatic heterocycles. The highest BCUT2D eigenvalue weighted by atomic mass is 16.3. The van der Waals surface area contributed by atoms with E-state index in [0.29, 0.717) is 6.54 Å². The second-order valence-corrected chi connectivity index (χ2v) is 5.73. The van der Waals surface area contributed by atoms with Crippen molar-refractivity contribution in [2.75, 3.05) is 13.2 Å². The predicted octanol–water partition coefficient (Wildman–Crippen LogP) is 2.09. The first-order chi connectivity index (χ1) is 11.8. The van der Waals surface area contributed by atoms with Crippen LogP contribution in [0.5, 0.6) is 0 Å². The van der Waals surface area contributed by atoms with E-state index in [-0.39, 0.29) is 18.6 Å². The molecule has 2 heterocycles. The third-order valence-electron chi connectivity index (χ3n) is 4.12. The first kappa shape index (κ1) is 16.3. The lowest BCUT2D eigenvalue weighted by Crippen LogP contribution is -2.26. The van der Waals surface area contributed by atoms with Gasteiger partial charge in [0, 0.05) is 30.9 Å². The molecule has 24 heavy (non-hydrogen) atoms. The third kappa shape index (κ3) is 3.84. The fraction of sp³-hybridized carbons (Fsp3) is 0.278. The molecule has 1 aromatic carbocycles. The Hall–Kier alpha value is -2.57. The second kappa shape index (κ2) is 7.81. The van der Waals surface area contributed by atoms with Gasteiger partial charge in [-0.3, -0.25) is 4.98 Å². The number of aliphatic hydroxyl groups excluding tert-OH is 1. The fourth-order valence-electron chi connectivity index (χ4n) is 2.60. The highest BCUT2D eigenvalue weighted by molar-refractivity contribution is 5.34. The molecule has 3 rings (SSSR count). The van der Waals surface area contributed by atoms with Gasteiger partial charge in [0.2, 0.25) is 0 Å². The molecule has 0 bridgehead atoms. The van der Waals surface area contributed by atoms with Gasteiger partial charge in [-0.05, 0) is 36.2 Å². The lowest BCUT2D eigenvalue weighted by atomic mass is 10.0. The minimum absolute atomic E-state index is 0.0376. The first-order valence-corrected chi connectivity index (χ1v) is 7.97. The van der Waals surface area contributed by atoms with Crippen LogP contribution in [-0.2, 0) is 0 Å². The van der Waals surface area contributed by atoms with Crippen molar-refractivity contribution < 1.29 is 5.11 Å². The lowest BCUT2D eigenvalue weighted by Gasteiger charge is -2.20. The fourth-order valence-corrected chi connectivity index (χ4v) is 2.60. The quantitative estimate of drug-likeness (QED) is 0.696. The Morgan fingerprint density at radius 2 is 1.96 bits per heavy atom. The van der Waals surface area contributed by atoms with E-state index in [2.05, 4.69) is 39.4 Å². The molecule has 0 aliphatic rings. The second-order valence-electron chi connectivity index (χ2n) is 5.73. The van der Waals surface area contributed by atoms with E-state index in [4.69, 9.17) is 0 Å². The highest BCUT2D eigenvalue weighted by Gasteiger charge is 2.13. The number of hydrogen-bond acceptors (Lipinski definition) is 5. The van der Waals surface area contributed by atoms with Crippen LogP contribution >= 0.6 is 0 Å². The summed E-state index contributed by atoms with van der Waals surface area (Å²) >= 11 is 0. The molecule has 6 heteroatoms. The van der Waals surface area contributed by atoms with Gasteiger partial charge in [0.15, 0.2) is 0 Å². The molecule has 2 N–H and O–H groups in total. The van der Waals surface area contributed by atoms with Crippen LogP contribution < -0.4 is 5.32 Å². The van der Waals surface area contributed by atoms with Crippen molar-refractivity contribution in [3.63, 3.8) is 0 Å². The van der Waals surface area contributed by atoms with E-state index in [9.17, 15) is 5.11 Å². The smallest absolute Gasteiger partial charge is 0.138 e. The van der Waals surface area contributed by atoms with E-state index < -0.39 is 0 Å². The molecule has 0 fully saturated rings. The number of aliphatic hydroxyl groups is 1. The van der Waals surface area contributed by atoms with Gasteiger partial charge in [0.1, 0.15) is 12.7 Å². The molecule has 6 nitrogen and oxygen atoms in total. The zero-order chi connectivity index (χ0) is 16.8. The van der Waals surface area contributed by atoms with Crippen LogP contribution in [0.15, 0.2) is 61.4 Å². The summed E-state index contributed by atoms with van der Waals surface area (Å²) in [6.07, 6.45) is 6.74. The summed E-state index contributed by atoms with van der Waals surface area (Å²) in [5.41, 5.74) is 3.20. The molecular formula is C18H21N5O. The van der Waals surface area contributed by atoms with Crippen molar-refractivity contribution in [3.8, 4) is 5.69 Å². The van der Waals surface area contributed by atoms with Gasteiger partial charge >= 0.3 is 0 Å². The summed E-state index contributed by atoms with van der Waals surface area (Å²) in [6.45, 7) is 2.90. The molecule has 0 saturated carbocycles. The molecular weight excluding hydrogens is 302 g/mol. The van der Waals surface area contributed by atoms with Crippen molar-refractivity contribution in [2.24, 2.45) is 0 Å². The lowest BCUT2D eigenvalue weighted by molar-refractivity contribution is 0.259. The molecule has 2 atom stereocenters. The minimum Gasteiger partial charge on any atom is -0.396 e. The van der Waals surface area contributed by atoms with Crippen LogP contribution in [0.3, 0.4) is 0 Å². The van der Waals surface area contributed by atoms with Gasteiger partial charge in [0.05, 0.1) is 12.3 Å². The summed E-state index contributed by atoms with van der Waals surface area (Å²) in [7, 11) is 0. The highest BCUT2D eigenvalue weighted by Crippen LogP contribution is 2.18. The van der Waals surface area contributed by atoms with Gasteiger partial charge in [-0.1, -0.05) is 18.2 Å². The molecule has 0 saturated heterocycles. The number of hydrogen-bond donors (Lipinski definition) is 2. The van der Waals surface area contributed by atoms with Crippen LogP contribution in [0, 0.1) is 0 Å². The van der Waals surface area contributed by atoms with Crippen molar-refractivity contribution in [1.82, 2.24) is 25.1 Å². The zero-order valence-electron chi connectivity index (χ0n) is 13.6. The molecule has 3 aromatic rings. The Balaban J connectivity index is 1.61. The number of rotatable bonds is 7. The summed E-state index contributed by atoms with van der Waals surface area (Å²) in [4.78, 5) is 8.07. The van der Waals surface area contributed by atoms with Crippen LogP contribution in [0.2, 0.25) is 0 Å². The van der Waals surface area contributed by atoms with Crippen molar-refractivity contribution in [2.45, 2.75) is 18.9 Å². The minimum atomic E-state index is 0.0376. The third-order valence-corrected chi connectivity index (χ3v) is 4.12. The molecule has 0 aliphatic carbocycles.